The third-order valence-corrected chi connectivity index (χ3v) is 4.87. The van der Waals surface area contributed by atoms with E-state index in [1.165, 1.54) is 12.1 Å². The molecule has 1 aliphatic carbocycles. The highest BCUT2D eigenvalue weighted by Crippen LogP contribution is 2.62. The van der Waals surface area contributed by atoms with E-state index in [0.29, 0.717) is 12.0 Å². The molecule has 0 spiro atoms. The molecule has 0 bridgehead atoms. The van der Waals surface area contributed by atoms with Gasteiger partial charge in [0.05, 0.1) is 17.0 Å². The van der Waals surface area contributed by atoms with Gasteiger partial charge in [-0.25, -0.2) is 4.39 Å². The Kier molecular flexibility index (Phi) is 3.30. The van der Waals surface area contributed by atoms with Crippen molar-refractivity contribution in [3.63, 3.8) is 0 Å². The van der Waals surface area contributed by atoms with Gasteiger partial charge in [-0.05, 0) is 24.1 Å². The number of rotatable bonds is 4. The number of ketones is 1. The van der Waals surface area contributed by atoms with Crippen LogP contribution < -0.4 is 0 Å². The molecule has 1 saturated heterocycles. The van der Waals surface area contributed by atoms with E-state index >= 15 is 0 Å². The number of Topliss-reactive ketones (excluding diaryl/α,β-unsaturated/α-hetero) is 1. The van der Waals surface area contributed by atoms with Crippen molar-refractivity contribution in [1.82, 2.24) is 0 Å². The quantitative estimate of drug-likeness (QED) is 0.927. The van der Waals surface area contributed by atoms with Gasteiger partial charge in [0.1, 0.15) is 17.3 Å². The molecule has 21 heavy (non-hydrogen) atoms. The zero-order valence-corrected chi connectivity index (χ0v) is 12.1. The van der Waals surface area contributed by atoms with E-state index in [1.54, 1.807) is 13.0 Å². The van der Waals surface area contributed by atoms with Gasteiger partial charge in [-0.3, -0.25) is 9.59 Å². The number of ether oxygens (including phenoxy) is 1. The van der Waals surface area contributed by atoms with Crippen LogP contribution in [0.2, 0.25) is 5.02 Å². The van der Waals surface area contributed by atoms with E-state index in [9.17, 15) is 19.1 Å². The van der Waals surface area contributed by atoms with Crippen LogP contribution in [0.3, 0.4) is 0 Å². The van der Waals surface area contributed by atoms with Crippen LogP contribution in [0.25, 0.3) is 0 Å². The molecule has 0 radical (unpaired) electrons. The number of carboxylic acid groups (broad SMARTS) is 1. The third kappa shape index (κ3) is 1.99. The van der Waals surface area contributed by atoms with Gasteiger partial charge in [0.2, 0.25) is 0 Å². The molecule has 6 heteroatoms. The molecule has 1 aromatic rings. The minimum absolute atomic E-state index is 0.00320. The number of carboxylic acids is 1. The van der Waals surface area contributed by atoms with Crippen LogP contribution in [0, 0.1) is 17.2 Å². The topological polar surface area (TPSA) is 63.6 Å². The molecule has 3 rings (SSSR count). The van der Waals surface area contributed by atoms with Crippen LogP contribution in [0.15, 0.2) is 18.2 Å². The van der Waals surface area contributed by atoms with Gasteiger partial charge >= 0.3 is 5.97 Å². The van der Waals surface area contributed by atoms with Gasteiger partial charge in [-0.15, -0.1) is 0 Å². The summed E-state index contributed by atoms with van der Waals surface area (Å²) < 4.78 is 18.7. The fourth-order valence-electron chi connectivity index (χ4n) is 3.31. The Bertz CT molecular complexity index is 632. The van der Waals surface area contributed by atoms with E-state index in [2.05, 4.69) is 0 Å². The highest BCUT2D eigenvalue weighted by molar-refractivity contribution is 6.30. The predicted molar refractivity (Wildman–Crippen MR) is 72.6 cm³/mol. The molecule has 1 aliphatic heterocycles. The Morgan fingerprint density at radius 3 is 2.71 bits per heavy atom. The average Bonchev–Trinajstić information content (AvgIpc) is 2.99. The van der Waals surface area contributed by atoms with Gasteiger partial charge < -0.3 is 9.84 Å². The Morgan fingerprint density at radius 2 is 2.24 bits per heavy atom. The highest BCUT2D eigenvalue weighted by Gasteiger charge is 2.77. The van der Waals surface area contributed by atoms with Crippen molar-refractivity contribution in [2.45, 2.75) is 32.0 Å². The maximum absolute atomic E-state index is 13.1. The zero-order valence-electron chi connectivity index (χ0n) is 11.3. The average molecular weight is 313 g/mol. The summed E-state index contributed by atoms with van der Waals surface area (Å²) in [6.07, 6.45) is -0.544. The number of halogens is 2. The second kappa shape index (κ2) is 4.78. The SMILES string of the molecule is CCC1(C(=O)O)C2OC(Cc3ccc(F)c(Cl)c3)C(=O)C21. The molecule has 4 unspecified atom stereocenters. The minimum Gasteiger partial charge on any atom is -0.481 e. The van der Waals surface area contributed by atoms with Crippen LogP contribution in [0.4, 0.5) is 4.39 Å². The number of carbonyl (C=O) groups is 2. The molecule has 0 aromatic heterocycles. The van der Waals surface area contributed by atoms with Crippen LogP contribution in [-0.4, -0.2) is 29.1 Å². The summed E-state index contributed by atoms with van der Waals surface area (Å²) in [5.41, 5.74) is -0.355. The van der Waals surface area contributed by atoms with Gasteiger partial charge in [0, 0.05) is 6.42 Å². The molecule has 112 valence electrons. The summed E-state index contributed by atoms with van der Waals surface area (Å²) in [7, 11) is 0. The first-order valence-corrected chi connectivity index (χ1v) is 7.16. The maximum atomic E-state index is 13.1. The maximum Gasteiger partial charge on any atom is 0.313 e. The lowest BCUT2D eigenvalue weighted by molar-refractivity contribution is -0.151. The fraction of sp³-hybridized carbons (Fsp3) is 0.467. The molecule has 0 amide bonds. The second-order valence-corrected chi connectivity index (χ2v) is 5.98. The zero-order chi connectivity index (χ0) is 15.4. The van der Waals surface area contributed by atoms with E-state index in [1.807, 2.05) is 0 Å². The first-order valence-electron chi connectivity index (χ1n) is 6.78. The predicted octanol–water partition coefficient (Wildman–Crippen LogP) is 2.47. The molecule has 4 nitrogen and oxygen atoms in total. The second-order valence-electron chi connectivity index (χ2n) is 5.58. The first kappa shape index (κ1) is 14.5. The van der Waals surface area contributed by atoms with Crippen LogP contribution in [-0.2, 0) is 20.7 Å². The third-order valence-electron chi connectivity index (χ3n) is 4.58. The highest BCUT2D eigenvalue weighted by atomic mass is 35.5. The monoisotopic (exact) mass is 312 g/mol. The van der Waals surface area contributed by atoms with Crippen LogP contribution in [0.5, 0.6) is 0 Å². The Hall–Kier alpha value is -1.46. The Labute approximate surface area is 125 Å². The van der Waals surface area contributed by atoms with Crippen molar-refractivity contribution in [2.24, 2.45) is 11.3 Å². The summed E-state index contributed by atoms with van der Waals surface area (Å²) >= 11 is 5.70. The molecule has 1 saturated carbocycles. The fourth-order valence-corrected chi connectivity index (χ4v) is 3.51. The molecule has 1 aromatic carbocycles. The van der Waals surface area contributed by atoms with Crippen LogP contribution in [0.1, 0.15) is 18.9 Å². The summed E-state index contributed by atoms with van der Waals surface area (Å²) in [6, 6.07) is 4.25. The number of hydrogen-bond donors (Lipinski definition) is 1. The molecular formula is C15H14ClFO4. The van der Waals surface area contributed by atoms with Crippen molar-refractivity contribution < 1.29 is 23.8 Å². The largest absolute Gasteiger partial charge is 0.481 e. The number of hydrogen-bond acceptors (Lipinski definition) is 3. The molecule has 2 fully saturated rings. The smallest absolute Gasteiger partial charge is 0.313 e. The summed E-state index contributed by atoms with van der Waals surface area (Å²) in [5, 5.41) is 9.28. The first-order chi connectivity index (χ1) is 9.91. The van der Waals surface area contributed by atoms with Crippen molar-refractivity contribution in [3.8, 4) is 0 Å². The lowest BCUT2D eigenvalue weighted by Gasteiger charge is -2.19. The van der Waals surface area contributed by atoms with Gasteiger partial charge in [-0.2, -0.15) is 0 Å². The molecule has 1 heterocycles. The van der Waals surface area contributed by atoms with Crippen molar-refractivity contribution in [3.05, 3.63) is 34.6 Å². The lowest BCUT2D eigenvalue weighted by atomic mass is 9.93. The normalized spacial score (nSPS) is 33.9. The van der Waals surface area contributed by atoms with E-state index in [-0.39, 0.29) is 17.2 Å². The van der Waals surface area contributed by atoms with Gasteiger partial charge in [0.15, 0.2) is 5.78 Å². The Morgan fingerprint density at radius 1 is 1.52 bits per heavy atom. The summed E-state index contributed by atoms with van der Waals surface area (Å²) in [5.74, 6) is -2.22. The van der Waals surface area contributed by atoms with E-state index < -0.39 is 35.3 Å². The van der Waals surface area contributed by atoms with Crippen molar-refractivity contribution in [2.75, 3.05) is 0 Å². The van der Waals surface area contributed by atoms with Crippen molar-refractivity contribution >= 4 is 23.4 Å². The lowest BCUT2D eigenvalue weighted by Crippen LogP contribution is -2.33. The van der Waals surface area contributed by atoms with Crippen LogP contribution >= 0.6 is 11.6 Å². The van der Waals surface area contributed by atoms with E-state index in [0.717, 1.165) is 0 Å². The number of carbonyl (C=O) groups excluding carboxylic acids is 1. The van der Waals surface area contributed by atoms with Gasteiger partial charge in [0.25, 0.3) is 0 Å². The standard InChI is InChI=1S/C15H14ClFO4/c1-2-15(14(19)20)11-12(18)10(21-13(11)15)6-7-3-4-9(17)8(16)5-7/h3-5,10-11,13H,2,6H2,1H3,(H,19,20). The van der Waals surface area contributed by atoms with E-state index in [4.69, 9.17) is 16.3 Å². The van der Waals surface area contributed by atoms with Gasteiger partial charge in [-0.1, -0.05) is 24.6 Å². The minimum atomic E-state index is -1.05. The molecular weight excluding hydrogens is 299 g/mol. The number of fused-ring (bicyclic) bond motifs is 1. The molecule has 1 N–H and O–H groups in total. The summed E-state index contributed by atoms with van der Waals surface area (Å²) in [6.45, 7) is 1.75. The molecule has 4 atom stereocenters. The Balaban J connectivity index is 1.73. The number of benzene rings is 1. The molecule has 2 aliphatic rings. The van der Waals surface area contributed by atoms with Crippen molar-refractivity contribution in [1.29, 1.82) is 0 Å². The number of aliphatic carboxylic acids is 1. The summed E-state index contributed by atoms with van der Waals surface area (Å²) in [4.78, 5) is 23.6.